The van der Waals surface area contributed by atoms with Crippen molar-refractivity contribution in [2.24, 2.45) is 5.41 Å². The summed E-state index contributed by atoms with van der Waals surface area (Å²) in [5.41, 5.74) is -3.23. The van der Waals surface area contributed by atoms with E-state index < -0.39 is 46.8 Å². The van der Waals surface area contributed by atoms with Gasteiger partial charge in [0.2, 0.25) is 5.91 Å². The van der Waals surface area contributed by atoms with E-state index >= 15 is 0 Å². The van der Waals surface area contributed by atoms with E-state index in [4.69, 9.17) is 14.2 Å². The zero-order valence-electron chi connectivity index (χ0n) is 17.9. The summed E-state index contributed by atoms with van der Waals surface area (Å²) in [4.78, 5) is 12.8. The normalized spacial score (nSPS) is 21.1. The number of benzene rings is 2. The fourth-order valence-electron chi connectivity index (χ4n) is 3.18. The summed E-state index contributed by atoms with van der Waals surface area (Å²) < 4.78 is 95.0. The number of amides is 1. The Hall–Kier alpha value is -3.05. The molecule has 184 valence electrons. The molecule has 1 N–H and O–H groups in total. The van der Waals surface area contributed by atoms with Crippen molar-refractivity contribution >= 4 is 11.6 Å². The Morgan fingerprint density at radius 1 is 1.12 bits per heavy atom. The summed E-state index contributed by atoms with van der Waals surface area (Å²) in [6.07, 6.45) is -9.09. The first-order chi connectivity index (χ1) is 15.8. The molecule has 2 aromatic carbocycles. The molecular formula is C23H21F6NO4. The molecular weight excluding hydrogens is 468 g/mol. The fraction of sp³-hybridized carbons (Fsp3) is 0.348. The van der Waals surface area contributed by atoms with Crippen molar-refractivity contribution in [1.29, 1.82) is 0 Å². The van der Waals surface area contributed by atoms with Crippen molar-refractivity contribution < 1.29 is 45.3 Å². The first kappa shape index (κ1) is 25.6. The Balaban J connectivity index is 1.70. The van der Waals surface area contributed by atoms with Gasteiger partial charge in [-0.05, 0) is 37.3 Å². The number of hydrogen-bond donors (Lipinski definition) is 1. The van der Waals surface area contributed by atoms with Crippen LogP contribution >= 0.6 is 0 Å². The van der Waals surface area contributed by atoms with Crippen molar-refractivity contribution in [2.45, 2.75) is 25.6 Å². The second kappa shape index (κ2) is 9.67. The highest BCUT2D eigenvalue weighted by atomic mass is 19.4. The standard InChI is InChI=1S/C23H21F6NO4/c1-3-9-32-18-8-7-16(11-17(18)23(27,28)29)30-20(31)21(2)12-33-19(34-13-21)14-5-4-6-15(10-14)22(24,25)26/h3-8,10-11,19H,1,9,12-13H2,2H3,(H,30,31). The van der Waals surface area contributed by atoms with Crippen LogP contribution in [0.25, 0.3) is 0 Å². The first-order valence-electron chi connectivity index (χ1n) is 10.0. The highest BCUT2D eigenvalue weighted by molar-refractivity contribution is 5.95. The van der Waals surface area contributed by atoms with Gasteiger partial charge in [-0.2, -0.15) is 26.3 Å². The van der Waals surface area contributed by atoms with Gasteiger partial charge in [0.15, 0.2) is 6.29 Å². The van der Waals surface area contributed by atoms with Crippen LogP contribution in [-0.2, 0) is 26.6 Å². The van der Waals surface area contributed by atoms with Crippen LogP contribution in [0.5, 0.6) is 5.75 Å². The first-order valence-corrected chi connectivity index (χ1v) is 10.0. The van der Waals surface area contributed by atoms with Gasteiger partial charge < -0.3 is 19.5 Å². The Bertz CT molecular complexity index is 1040. The maximum absolute atomic E-state index is 13.4. The number of hydrogen-bond acceptors (Lipinski definition) is 4. The Morgan fingerprint density at radius 2 is 1.79 bits per heavy atom. The van der Waals surface area contributed by atoms with Crippen LogP contribution in [0, 0.1) is 5.41 Å². The van der Waals surface area contributed by atoms with E-state index in [2.05, 4.69) is 11.9 Å². The summed E-state index contributed by atoms with van der Waals surface area (Å²) in [7, 11) is 0. The topological polar surface area (TPSA) is 56.8 Å². The lowest BCUT2D eigenvalue weighted by atomic mass is 9.90. The lowest BCUT2D eigenvalue weighted by molar-refractivity contribution is -0.226. The van der Waals surface area contributed by atoms with Crippen LogP contribution in [-0.4, -0.2) is 25.7 Å². The van der Waals surface area contributed by atoms with Crippen LogP contribution < -0.4 is 10.1 Å². The van der Waals surface area contributed by atoms with Crippen molar-refractivity contribution in [3.63, 3.8) is 0 Å². The molecule has 0 aromatic heterocycles. The molecule has 1 aliphatic rings. The predicted octanol–water partition coefficient (Wildman–Crippen LogP) is 5.98. The van der Waals surface area contributed by atoms with E-state index in [1.165, 1.54) is 31.2 Å². The molecule has 0 spiro atoms. The molecule has 0 atom stereocenters. The van der Waals surface area contributed by atoms with Crippen LogP contribution in [0.1, 0.15) is 29.9 Å². The Morgan fingerprint density at radius 3 is 2.38 bits per heavy atom. The third-order valence-electron chi connectivity index (χ3n) is 5.04. The van der Waals surface area contributed by atoms with Gasteiger partial charge in [0.05, 0.1) is 29.8 Å². The molecule has 0 unspecified atom stereocenters. The number of alkyl halides is 6. The maximum atomic E-state index is 13.4. The van der Waals surface area contributed by atoms with E-state index in [1.807, 2.05) is 0 Å². The predicted molar refractivity (Wildman–Crippen MR) is 110 cm³/mol. The average molecular weight is 489 g/mol. The van der Waals surface area contributed by atoms with E-state index in [0.717, 1.165) is 24.3 Å². The fourth-order valence-corrected chi connectivity index (χ4v) is 3.18. The highest BCUT2D eigenvalue weighted by Gasteiger charge is 2.41. The lowest BCUT2D eigenvalue weighted by Gasteiger charge is -2.36. The van der Waals surface area contributed by atoms with Gasteiger partial charge >= 0.3 is 12.4 Å². The number of carbonyl (C=O) groups excluding carboxylic acids is 1. The molecule has 11 heteroatoms. The minimum Gasteiger partial charge on any atom is -0.489 e. The molecule has 1 aliphatic heterocycles. The molecule has 1 amide bonds. The smallest absolute Gasteiger partial charge is 0.420 e. The minimum atomic E-state index is -4.73. The number of nitrogens with one attached hydrogen (secondary N) is 1. The minimum absolute atomic E-state index is 0.121. The van der Waals surface area contributed by atoms with Crippen LogP contribution in [0.3, 0.4) is 0 Å². The second-order valence-corrected chi connectivity index (χ2v) is 7.90. The van der Waals surface area contributed by atoms with Gasteiger partial charge in [-0.25, -0.2) is 0 Å². The van der Waals surface area contributed by atoms with Gasteiger partial charge in [0.1, 0.15) is 12.4 Å². The van der Waals surface area contributed by atoms with E-state index in [-0.39, 0.29) is 31.1 Å². The third kappa shape index (κ3) is 5.89. The maximum Gasteiger partial charge on any atom is 0.420 e. The Labute approximate surface area is 191 Å². The van der Waals surface area contributed by atoms with Crippen LogP contribution in [0.4, 0.5) is 32.0 Å². The number of carbonyl (C=O) groups is 1. The Kier molecular flexibility index (Phi) is 7.27. The molecule has 1 heterocycles. The van der Waals surface area contributed by atoms with Crippen molar-refractivity contribution in [3.8, 4) is 5.75 Å². The largest absolute Gasteiger partial charge is 0.489 e. The summed E-state index contributed by atoms with van der Waals surface area (Å²) >= 11 is 0. The zero-order chi connectivity index (χ0) is 25.1. The summed E-state index contributed by atoms with van der Waals surface area (Å²) in [6, 6.07) is 7.50. The molecule has 5 nitrogen and oxygen atoms in total. The monoisotopic (exact) mass is 489 g/mol. The van der Waals surface area contributed by atoms with E-state index in [9.17, 15) is 31.1 Å². The van der Waals surface area contributed by atoms with Gasteiger partial charge in [-0.1, -0.05) is 24.8 Å². The van der Waals surface area contributed by atoms with Crippen molar-refractivity contribution in [1.82, 2.24) is 0 Å². The van der Waals surface area contributed by atoms with Gasteiger partial charge in [0.25, 0.3) is 0 Å². The summed E-state index contributed by atoms with van der Waals surface area (Å²) in [6.45, 7) is 4.27. The molecule has 1 fully saturated rings. The molecule has 34 heavy (non-hydrogen) atoms. The summed E-state index contributed by atoms with van der Waals surface area (Å²) in [5, 5.41) is 2.41. The molecule has 0 bridgehead atoms. The summed E-state index contributed by atoms with van der Waals surface area (Å²) in [5.74, 6) is -1.09. The average Bonchev–Trinajstić information content (AvgIpc) is 2.77. The number of halogens is 6. The molecule has 3 rings (SSSR count). The van der Waals surface area contributed by atoms with E-state index in [0.29, 0.717) is 0 Å². The lowest BCUT2D eigenvalue weighted by Crippen LogP contribution is -2.45. The number of anilines is 1. The molecule has 1 saturated heterocycles. The highest BCUT2D eigenvalue weighted by Crippen LogP contribution is 2.39. The van der Waals surface area contributed by atoms with Gasteiger partial charge in [-0.15, -0.1) is 0 Å². The van der Waals surface area contributed by atoms with E-state index in [1.54, 1.807) is 0 Å². The van der Waals surface area contributed by atoms with Crippen molar-refractivity contribution in [3.05, 3.63) is 71.8 Å². The SMILES string of the molecule is C=CCOc1ccc(NC(=O)C2(C)COC(c3cccc(C(F)(F)F)c3)OC2)cc1C(F)(F)F. The molecule has 0 radical (unpaired) electrons. The number of rotatable bonds is 6. The number of ether oxygens (including phenoxy) is 3. The molecule has 2 aromatic rings. The zero-order valence-corrected chi connectivity index (χ0v) is 17.9. The second-order valence-electron chi connectivity index (χ2n) is 7.90. The van der Waals surface area contributed by atoms with Crippen LogP contribution in [0.2, 0.25) is 0 Å². The third-order valence-corrected chi connectivity index (χ3v) is 5.04. The molecule has 0 saturated carbocycles. The quantitative estimate of drug-likeness (QED) is 0.401. The van der Waals surface area contributed by atoms with Gasteiger partial charge in [0, 0.05) is 11.3 Å². The van der Waals surface area contributed by atoms with Crippen LogP contribution in [0.15, 0.2) is 55.1 Å². The van der Waals surface area contributed by atoms with Gasteiger partial charge in [-0.3, -0.25) is 4.79 Å². The molecule has 0 aliphatic carbocycles. The van der Waals surface area contributed by atoms with Crippen molar-refractivity contribution in [2.75, 3.05) is 25.1 Å².